The van der Waals surface area contributed by atoms with Crippen LogP contribution in [-0.2, 0) is 9.59 Å². The molecular formula is C15H21ClFN3O2S. The number of carbonyl (C=O) groups is 2. The molecule has 1 atom stereocenters. The van der Waals surface area contributed by atoms with Crippen LogP contribution in [0.4, 0.5) is 10.1 Å². The molecule has 1 aromatic rings. The van der Waals surface area contributed by atoms with Crippen LogP contribution in [0, 0.1) is 5.82 Å². The van der Waals surface area contributed by atoms with Crippen LogP contribution in [0.5, 0.6) is 0 Å². The van der Waals surface area contributed by atoms with Crippen LogP contribution in [0.1, 0.15) is 6.92 Å². The van der Waals surface area contributed by atoms with Gasteiger partial charge in [0.1, 0.15) is 5.82 Å². The summed E-state index contributed by atoms with van der Waals surface area (Å²) in [5, 5.41) is 5.95. The second-order valence-electron chi connectivity index (χ2n) is 5.24. The summed E-state index contributed by atoms with van der Waals surface area (Å²) in [5.41, 5.74) is 0.550. The molecule has 0 bridgehead atoms. The van der Waals surface area contributed by atoms with Gasteiger partial charge < -0.3 is 15.5 Å². The molecule has 2 amide bonds. The lowest BCUT2D eigenvalue weighted by molar-refractivity contribution is -0.129. The molecule has 128 valence electrons. The zero-order chi connectivity index (χ0) is 15.9. The Morgan fingerprint density at radius 1 is 1.35 bits per heavy atom. The number of halogens is 2. The number of amides is 2. The van der Waals surface area contributed by atoms with E-state index in [9.17, 15) is 14.0 Å². The van der Waals surface area contributed by atoms with E-state index in [4.69, 9.17) is 0 Å². The first-order chi connectivity index (χ1) is 10.5. The van der Waals surface area contributed by atoms with Crippen molar-refractivity contribution in [2.45, 2.75) is 13.0 Å². The average Bonchev–Trinajstić information content (AvgIpc) is 2.49. The van der Waals surface area contributed by atoms with Gasteiger partial charge in [0.15, 0.2) is 0 Å². The van der Waals surface area contributed by atoms with Gasteiger partial charge in [-0.3, -0.25) is 9.59 Å². The first kappa shape index (κ1) is 19.7. The summed E-state index contributed by atoms with van der Waals surface area (Å²) in [7, 11) is 0. The smallest absolute Gasteiger partial charge is 0.234 e. The summed E-state index contributed by atoms with van der Waals surface area (Å²) in [6, 6.07) is 5.90. The Bertz CT molecular complexity index is 530. The SMILES string of the molecule is C[C@@H]1CN(C(=O)CSCC(=O)Nc2ccc(F)cc2)CCN1.Cl. The second-order valence-corrected chi connectivity index (χ2v) is 6.23. The maximum atomic E-state index is 12.8. The minimum absolute atomic E-state index is 0. The predicted molar refractivity (Wildman–Crippen MR) is 93.6 cm³/mol. The molecule has 1 aliphatic heterocycles. The lowest BCUT2D eigenvalue weighted by Crippen LogP contribution is -2.51. The van der Waals surface area contributed by atoms with Gasteiger partial charge in [0, 0.05) is 31.4 Å². The highest BCUT2D eigenvalue weighted by Gasteiger charge is 2.20. The number of nitrogens with one attached hydrogen (secondary N) is 2. The Hall–Kier alpha value is -1.31. The summed E-state index contributed by atoms with van der Waals surface area (Å²) < 4.78 is 12.8. The molecule has 23 heavy (non-hydrogen) atoms. The minimum atomic E-state index is -0.344. The average molecular weight is 362 g/mol. The van der Waals surface area contributed by atoms with E-state index in [2.05, 4.69) is 10.6 Å². The highest BCUT2D eigenvalue weighted by Crippen LogP contribution is 2.10. The summed E-state index contributed by atoms with van der Waals surface area (Å²) in [4.78, 5) is 25.6. The fourth-order valence-corrected chi connectivity index (χ4v) is 2.93. The van der Waals surface area contributed by atoms with Gasteiger partial charge in [0.05, 0.1) is 11.5 Å². The van der Waals surface area contributed by atoms with Crippen molar-refractivity contribution in [3.05, 3.63) is 30.1 Å². The highest BCUT2D eigenvalue weighted by atomic mass is 35.5. The number of carbonyl (C=O) groups excluding carboxylic acids is 2. The molecule has 2 N–H and O–H groups in total. The third-order valence-corrected chi connectivity index (χ3v) is 4.23. The van der Waals surface area contributed by atoms with E-state index in [1.807, 2.05) is 11.8 Å². The first-order valence-electron chi connectivity index (χ1n) is 7.19. The predicted octanol–water partition coefficient (Wildman–Crippen LogP) is 1.74. The number of hydrogen-bond donors (Lipinski definition) is 2. The zero-order valence-corrected chi connectivity index (χ0v) is 14.5. The van der Waals surface area contributed by atoms with Crippen LogP contribution >= 0.6 is 24.2 Å². The number of nitrogens with zero attached hydrogens (tertiary/aromatic N) is 1. The molecule has 1 heterocycles. The Morgan fingerprint density at radius 2 is 2.04 bits per heavy atom. The normalized spacial score (nSPS) is 17.3. The van der Waals surface area contributed by atoms with E-state index in [-0.39, 0.29) is 35.8 Å². The van der Waals surface area contributed by atoms with E-state index in [0.29, 0.717) is 30.6 Å². The molecule has 0 aromatic heterocycles. The molecular weight excluding hydrogens is 341 g/mol. The summed E-state index contributed by atoms with van der Waals surface area (Å²) in [6.07, 6.45) is 0. The van der Waals surface area contributed by atoms with Crippen molar-refractivity contribution in [3.63, 3.8) is 0 Å². The number of thioether (sulfide) groups is 1. The van der Waals surface area contributed by atoms with Crippen molar-refractivity contribution < 1.29 is 14.0 Å². The van der Waals surface area contributed by atoms with Gasteiger partial charge in [-0.15, -0.1) is 24.2 Å². The van der Waals surface area contributed by atoms with Crippen molar-refractivity contribution in [1.82, 2.24) is 10.2 Å². The summed E-state index contributed by atoms with van der Waals surface area (Å²) in [5.74, 6) is 0.0168. The molecule has 1 aliphatic rings. The zero-order valence-electron chi connectivity index (χ0n) is 12.9. The number of benzene rings is 1. The Balaban J connectivity index is 0.00000264. The van der Waals surface area contributed by atoms with Crippen LogP contribution in [0.2, 0.25) is 0 Å². The van der Waals surface area contributed by atoms with Crippen LogP contribution in [0.25, 0.3) is 0 Å². The molecule has 1 aromatic carbocycles. The van der Waals surface area contributed by atoms with Crippen LogP contribution in [0.3, 0.4) is 0 Å². The maximum Gasteiger partial charge on any atom is 0.234 e. The van der Waals surface area contributed by atoms with Crippen molar-refractivity contribution in [3.8, 4) is 0 Å². The Kier molecular flexibility index (Phi) is 8.36. The van der Waals surface area contributed by atoms with Crippen molar-refractivity contribution in [2.24, 2.45) is 0 Å². The Morgan fingerprint density at radius 3 is 2.70 bits per heavy atom. The summed E-state index contributed by atoms with van der Waals surface area (Å²) >= 11 is 1.29. The standard InChI is InChI=1S/C15H20FN3O2S.ClH/c1-11-8-19(7-6-17-11)15(21)10-22-9-14(20)18-13-4-2-12(16)3-5-13;/h2-5,11,17H,6-10H2,1H3,(H,18,20);1H/t11-;/m1./s1. The third-order valence-electron chi connectivity index (χ3n) is 3.31. The van der Waals surface area contributed by atoms with E-state index >= 15 is 0 Å². The monoisotopic (exact) mass is 361 g/mol. The molecule has 0 radical (unpaired) electrons. The molecule has 0 unspecified atom stereocenters. The van der Waals surface area contributed by atoms with E-state index in [1.165, 1.54) is 36.0 Å². The van der Waals surface area contributed by atoms with E-state index in [0.717, 1.165) is 6.54 Å². The molecule has 5 nitrogen and oxygen atoms in total. The minimum Gasteiger partial charge on any atom is -0.339 e. The maximum absolute atomic E-state index is 12.8. The van der Waals surface area contributed by atoms with Gasteiger partial charge in [-0.1, -0.05) is 0 Å². The molecule has 1 saturated heterocycles. The molecule has 8 heteroatoms. The molecule has 0 spiro atoms. The first-order valence-corrected chi connectivity index (χ1v) is 8.34. The molecule has 0 saturated carbocycles. The van der Waals surface area contributed by atoms with E-state index < -0.39 is 0 Å². The van der Waals surface area contributed by atoms with Crippen LogP contribution in [0.15, 0.2) is 24.3 Å². The number of hydrogen-bond acceptors (Lipinski definition) is 4. The van der Waals surface area contributed by atoms with Crippen molar-refractivity contribution >= 4 is 41.7 Å². The van der Waals surface area contributed by atoms with Gasteiger partial charge in [0.2, 0.25) is 11.8 Å². The second kappa shape index (κ2) is 9.75. The number of anilines is 1. The van der Waals surface area contributed by atoms with E-state index in [1.54, 1.807) is 0 Å². The lowest BCUT2D eigenvalue weighted by atomic mass is 10.2. The van der Waals surface area contributed by atoms with Gasteiger partial charge in [-0.05, 0) is 31.2 Å². The molecule has 0 aliphatic carbocycles. The quantitative estimate of drug-likeness (QED) is 0.838. The Labute approximate surface area is 145 Å². The molecule has 1 fully saturated rings. The fraction of sp³-hybridized carbons (Fsp3) is 0.467. The number of rotatable bonds is 5. The van der Waals surface area contributed by atoms with Crippen LogP contribution < -0.4 is 10.6 Å². The fourth-order valence-electron chi connectivity index (χ4n) is 2.21. The summed E-state index contributed by atoms with van der Waals surface area (Å²) in [6.45, 7) is 4.28. The van der Waals surface area contributed by atoms with Gasteiger partial charge in [-0.25, -0.2) is 4.39 Å². The van der Waals surface area contributed by atoms with Gasteiger partial charge in [0.25, 0.3) is 0 Å². The van der Waals surface area contributed by atoms with Crippen molar-refractivity contribution in [2.75, 3.05) is 36.5 Å². The van der Waals surface area contributed by atoms with Gasteiger partial charge >= 0.3 is 0 Å². The van der Waals surface area contributed by atoms with Crippen molar-refractivity contribution in [1.29, 1.82) is 0 Å². The lowest BCUT2D eigenvalue weighted by Gasteiger charge is -2.31. The largest absolute Gasteiger partial charge is 0.339 e. The topological polar surface area (TPSA) is 61.4 Å². The van der Waals surface area contributed by atoms with Crippen LogP contribution in [-0.4, -0.2) is 53.9 Å². The van der Waals surface area contributed by atoms with Gasteiger partial charge in [-0.2, -0.15) is 0 Å². The number of piperazine rings is 1. The molecule has 2 rings (SSSR count). The highest BCUT2D eigenvalue weighted by molar-refractivity contribution is 8.00. The third kappa shape index (κ3) is 6.76.